The van der Waals surface area contributed by atoms with E-state index in [4.69, 9.17) is 12.2 Å². The Bertz CT molecular complexity index is 753. The van der Waals surface area contributed by atoms with Crippen molar-refractivity contribution in [2.24, 2.45) is 5.10 Å². The molecule has 2 rings (SSSR count). The Morgan fingerprint density at radius 3 is 2.62 bits per heavy atom. The van der Waals surface area contributed by atoms with Crippen LogP contribution in [-0.2, 0) is 0 Å². The summed E-state index contributed by atoms with van der Waals surface area (Å²) in [7, 11) is 0. The van der Waals surface area contributed by atoms with E-state index in [1.807, 2.05) is 0 Å². The highest BCUT2D eigenvalue weighted by Crippen LogP contribution is 2.16. The van der Waals surface area contributed by atoms with Crippen molar-refractivity contribution in [2.75, 3.05) is 5.32 Å². The van der Waals surface area contributed by atoms with E-state index >= 15 is 0 Å². The molecule has 0 aromatic heterocycles. The second kappa shape index (κ2) is 8.30. The number of rotatable bonds is 5. The van der Waals surface area contributed by atoms with Gasteiger partial charge in [-0.25, -0.2) is 4.39 Å². The van der Waals surface area contributed by atoms with Crippen molar-refractivity contribution in [3.63, 3.8) is 0 Å². The van der Waals surface area contributed by atoms with E-state index in [-0.39, 0.29) is 16.5 Å². The molecule has 0 bridgehead atoms. The Morgan fingerprint density at radius 1 is 1.17 bits per heavy atom. The summed E-state index contributed by atoms with van der Waals surface area (Å²) in [6, 6.07) is 12.2. The predicted molar refractivity (Wildman–Crippen MR) is 91.0 cm³/mol. The van der Waals surface area contributed by atoms with Crippen molar-refractivity contribution in [1.82, 2.24) is 5.43 Å². The minimum Gasteiger partial charge on any atom is -0.435 e. The lowest BCUT2D eigenvalue weighted by Crippen LogP contribution is -2.25. The van der Waals surface area contributed by atoms with Gasteiger partial charge in [0.05, 0.1) is 11.4 Å². The fraction of sp³-hybridized carbons (Fsp3) is 0.125. The van der Waals surface area contributed by atoms with Crippen LogP contribution in [0.3, 0.4) is 0 Å². The summed E-state index contributed by atoms with van der Waals surface area (Å²) in [4.78, 5) is 0. The number of alkyl halides is 2. The number of para-hydroxylation sites is 1. The first kappa shape index (κ1) is 17.7. The van der Waals surface area contributed by atoms with E-state index in [2.05, 4.69) is 20.6 Å². The molecule has 0 radical (unpaired) electrons. The molecule has 2 aromatic carbocycles. The quantitative estimate of drug-likeness (QED) is 0.482. The summed E-state index contributed by atoms with van der Waals surface area (Å²) in [6.45, 7) is -1.23. The van der Waals surface area contributed by atoms with Gasteiger partial charge in [-0.1, -0.05) is 24.3 Å². The van der Waals surface area contributed by atoms with Crippen LogP contribution in [-0.4, -0.2) is 17.4 Å². The average Bonchev–Trinajstić information content (AvgIpc) is 2.54. The third-order valence-electron chi connectivity index (χ3n) is 2.92. The molecule has 24 heavy (non-hydrogen) atoms. The van der Waals surface area contributed by atoms with Crippen molar-refractivity contribution in [3.8, 4) is 5.75 Å². The zero-order valence-electron chi connectivity index (χ0n) is 12.6. The summed E-state index contributed by atoms with van der Waals surface area (Å²) >= 11 is 5.03. The highest BCUT2D eigenvalue weighted by atomic mass is 32.1. The minimum atomic E-state index is -2.90. The maximum Gasteiger partial charge on any atom is 0.387 e. The zero-order chi connectivity index (χ0) is 17.5. The Balaban J connectivity index is 2.01. The number of ether oxygens (including phenoxy) is 1. The molecule has 4 nitrogen and oxygen atoms in total. The summed E-state index contributed by atoms with van der Waals surface area (Å²) < 4.78 is 42.3. The fourth-order valence-corrected chi connectivity index (χ4v) is 1.96. The molecule has 0 unspecified atom stereocenters. The first-order chi connectivity index (χ1) is 11.5. The van der Waals surface area contributed by atoms with Crippen LogP contribution in [0.2, 0.25) is 0 Å². The second-order valence-corrected chi connectivity index (χ2v) is 5.06. The van der Waals surface area contributed by atoms with Crippen LogP contribution in [0.1, 0.15) is 12.5 Å². The normalized spacial score (nSPS) is 11.3. The Labute approximate surface area is 142 Å². The molecule has 0 saturated heterocycles. The molecule has 0 aliphatic carbocycles. The minimum absolute atomic E-state index is 0.0316. The largest absolute Gasteiger partial charge is 0.435 e. The lowest BCUT2D eigenvalue weighted by molar-refractivity contribution is -0.0498. The molecule has 2 aromatic rings. The van der Waals surface area contributed by atoms with E-state index in [0.717, 1.165) is 0 Å². The predicted octanol–water partition coefficient (Wildman–Crippen LogP) is 4.14. The number of halogens is 3. The number of thiocarbonyl (C=S) groups is 1. The van der Waals surface area contributed by atoms with Crippen molar-refractivity contribution < 1.29 is 17.9 Å². The van der Waals surface area contributed by atoms with Crippen LogP contribution in [0.5, 0.6) is 5.75 Å². The molecule has 0 fully saturated rings. The van der Waals surface area contributed by atoms with Crippen molar-refractivity contribution in [3.05, 3.63) is 59.9 Å². The molecular weight excluding hydrogens is 339 g/mol. The van der Waals surface area contributed by atoms with E-state index in [0.29, 0.717) is 11.3 Å². The lowest BCUT2D eigenvalue weighted by Gasteiger charge is -2.09. The van der Waals surface area contributed by atoms with Crippen LogP contribution in [0, 0.1) is 5.82 Å². The van der Waals surface area contributed by atoms with Crippen LogP contribution in [0.4, 0.5) is 18.9 Å². The Morgan fingerprint density at radius 2 is 1.92 bits per heavy atom. The third-order valence-corrected chi connectivity index (χ3v) is 3.12. The van der Waals surface area contributed by atoms with Crippen molar-refractivity contribution in [1.29, 1.82) is 0 Å². The zero-order valence-corrected chi connectivity index (χ0v) is 13.4. The van der Waals surface area contributed by atoms with Gasteiger partial charge in [-0.05, 0) is 43.4 Å². The number of hydrazone groups is 1. The number of anilines is 1. The summed E-state index contributed by atoms with van der Waals surface area (Å²) in [5.74, 6) is -0.414. The molecule has 0 amide bonds. The van der Waals surface area contributed by atoms with Gasteiger partial charge in [0, 0.05) is 5.56 Å². The Hall–Kier alpha value is -2.61. The van der Waals surface area contributed by atoms with Gasteiger partial charge in [0.2, 0.25) is 0 Å². The maximum atomic E-state index is 13.5. The molecule has 0 spiro atoms. The number of hydrogen-bond donors (Lipinski definition) is 2. The topological polar surface area (TPSA) is 45.7 Å². The fourth-order valence-electron chi connectivity index (χ4n) is 1.81. The van der Waals surface area contributed by atoms with Crippen LogP contribution in [0.15, 0.2) is 53.6 Å². The molecule has 2 N–H and O–H groups in total. The lowest BCUT2D eigenvalue weighted by atomic mass is 10.1. The monoisotopic (exact) mass is 353 g/mol. The average molecular weight is 353 g/mol. The van der Waals surface area contributed by atoms with Crippen molar-refractivity contribution in [2.45, 2.75) is 13.5 Å². The van der Waals surface area contributed by atoms with Gasteiger partial charge in [-0.15, -0.1) is 0 Å². The SMILES string of the molecule is C/C(=N/NC(=S)Nc1ccccc1F)c1cccc(OC(F)F)c1. The summed E-state index contributed by atoms with van der Waals surface area (Å²) in [5.41, 5.74) is 3.86. The molecule has 0 saturated carbocycles. The second-order valence-electron chi connectivity index (χ2n) is 4.65. The summed E-state index contributed by atoms with van der Waals surface area (Å²) in [6.07, 6.45) is 0. The van der Waals surface area contributed by atoms with Crippen molar-refractivity contribution >= 4 is 28.7 Å². The first-order valence-corrected chi connectivity index (χ1v) is 7.27. The van der Waals surface area contributed by atoms with Gasteiger partial charge in [0.1, 0.15) is 11.6 Å². The van der Waals surface area contributed by atoms with Gasteiger partial charge in [-0.3, -0.25) is 5.43 Å². The smallest absolute Gasteiger partial charge is 0.387 e. The van der Waals surface area contributed by atoms with E-state index in [9.17, 15) is 13.2 Å². The van der Waals surface area contributed by atoms with Crippen LogP contribution < -0.4 is 15.5 Å². The number of benzene rings is 2. The van der Waals surface area contributed by atoms with Gasteiger partial charge in [0.15, 0.2) is 5.11 Å². The first-order valence-electron chi connectivity index (χ1n) is 6.87. The maximum absolute atomic E-state index is 13.5. The van der Waals surface area contributed by atoms with Crippen LogP contribution >= 0.6 is 12.2 Å². The Kier molecular flexibility index (Phi) is 6.14. The van der Waals surface area contributed by atoms with E-state index in [1.54, 1.807) is 31.2 Å². The number of nitrogens with zero attached hydrogens (tertiary/aromatic N) is 1. The van der Waals surface area contributed by atoms with Gasteiger partial charge >= 0.3 is 6.61 Å². The summed E-state index contributed by atoms with van der Waals surface area (Å²) in [5, 5.41) is 6.80. The van der Waals surface area contributed by atoms with Gasteiger partial charge in [0.25, 0.3) is 0 Å². The molecule has 8 heteroatoms. The van der Waals surface area contributed by atoms with Crippen LogP contribution in [0.25, 0.3) is 0 Å². The number of nitrogens with one attached hydrogen (secondary N) is 2. The molecule has 0 atom stereocenters. The van der Waals surface area contributed by atoms with Gasteiger partial charge < -0.3 is 10.1 Å². The standard InChI is InChI=1S/C16H14F3N3OS/c1-10(11-5-4-6-12(9-11)23-15(18)19)21-22-16(24)20-14-8-3-2-7-13(14)17/h2-9,15H,1H3,(H2,20,22,24)/b21-10-. The molecule has 0 aliphatic heterocycles. The molecule has 0 heterocycles. The molecule has 0 aliphatic rings. The highest BCUT2D eigenvalue weighted by molar-refractivity contribution is 7.80. The third kappa shape index (κ3) is 5.24. The number of hydrogen-bond acceptors (Lipinski definition) is 3. The molecular formula is C16H14F3N3OS. The van der Waals surface area contributed by atoms with E-state index in [1.165, 1.54) is 24.3 Å². The van der Waals surface area contributed by atoms with E-state index < -0.39 is 12.4 Å². The molecule has 126 valence electrons. The van der Waals surface area contributed by atoms with Gasteiger partial charge in [-0.2, -0.15) is 13.9 Å². The highest BCUT2D eigenvalue weighted by Gasteiger charge is 2.06.